The molecule has 0 aromatic heterocycles. The second-order valence-electron chi connectivity index (χ2n) is 11.6. The average molecular weight is 708 g/mol. The number of esters is 1. The van der Waals surface area contributed by atoms with Gasteiger partial charge in [0.2, 0.25) is 0 Å². The average Bonchev–Trinajstić information content (AvgIpc) is 3.56. The Bertz CT molecular complexity index is 1950. The third-order valence-electron chi connectivity index (χ3n) is 8.30. The number of carbonyl (C=O) groups excluding carboxylic acids is 3. The molecule has 0 atom stereocenters. The van der Waals surface area contributed by atoms with Crippen LogP contribution in [0, 0.1) is 0 Å². The molecule has 2 amide bonds. The summed E-state index contributed by atoms with van der Waals surface area (Å²) in [5.41, 5.74) is 8.29. The van der Waals surface area contributed by atoms with Crippen molar-refractivity contribution in [3.63, 3.8) is 0 Å². The van der Waals surface area contributed by atoms with Crippen molar-refractivity contribution < 1.29 is 19.1 Å². The number of rotatable bonds is 7. The van der Waals surface area contributed by atoms with E-state index in [1.807, 2.05) is 113 Å². The van der Waals surface area contributed by atoms with Crippen LogP contribution in [-0.4, -0.2) is 34.7 Å². The maximum atomic E-state index is 12.7. The van der Waals surface area contributed by atoms with Crippen LogP contribution in [-0.2, 0) is 37.3 Å². The molecule has 0 unspecified atom stereocenters. The van der Waals surface area contributed by atoms with Crippen molar-refractivity contribution in [2.24, 2.45) is 0 Å². The second kappa shape index (κ2) is 14.4. The fraction of sp³-hybridized carbons (Fsp3) is 0.154. The largest absolute Gasteiger partial charge is 0.465 e. The van der Waals surface area contributed by atoms with Gasteiger partial charge < -0.3 is 14.5 Å². The molecule has 0 N–H and O–H groups in total. The number of benzene rings is 5. The topological polar surface area (TPSA) is 66.9 Å². The van der Waals surface area contributed by atoms with Crippen LogP contribution in [0.2, 0.25) is 5.02 Å². The predicted molar refractivity (Wildman–Crippen MR) is 186 cm³/mol. The standard InChI is InChI=1S/C24H20ClNO3.C15H12BrNO/c1-29-24(28)22-13-20(25)9-8-18(22)11-17-7-10-21-19(12-17)15-26(23(21)27)14-16-5-3-2-4-6-16;16-13-6-7-14-12(8-13)10-17(15(14)18)9-11-4-2-1-3-5-11/h2-10,12-13H,11,14-15H2,1H3;1-8H,9-10H2. The van der Waals surface area contributed by atoms with E-state index in [9.17, 15) is 14.4 Å². The molecule has 5 aromatic carbocycles. The SMILES string of the molecule is COC(=O)c1cc(Cl)ccc1Cc1ccc2c(c1)CN(Cc1ccccc1)C2=O.O=C1c2ccc(Br)cc2CN1Cc1ccccc1. The smallest absolute Gasteiger partial charge is 0.338 e. The van der Waals surface area contributed by atoms with Gasteiger partial charge in [0.05, 0.1) is 12.7 Å². The maximum absolute atomic E-state index is 12.7. The van der Waals surface area contributed by atoms with E-state index < -0.39 is 5.97 Å². The monoisotopic (exact) mass is 706 g/mol. The summed E-state index contributed by atoms with van der Waals surface area (Å²) in [6.07, 6.45) is 0.557. The molecule has 2 heterocycles. The number of nitrogens with zero attached hydrogens (tertiary/aromatic N) is 2. The Labute approximate surface area is 287 Å². The highest BCUT2D eigenvalue weighted by molar-refractivity contribution is 9.10. The lowest BCUT2D eigenvalue weighted by molar-refractivity contribution is 0.0599. The number of halogens is 2. The van der Waals surface area contributed by atoms with Gasteiger partial charge >= 0.3 is 5.97 Å². The van der Waals surface area contributed by atoms with Gasteiger partial charge in [-0.15, -0.1) is 0 Å². The van der Waals surface area contributed by atoms with E-state index in [-0.39, 0.29) is 11.8 Å². The molecule has 47 heavy (non-hydrogen) atoms. The third-order valence-corrected chi connectivity index (χ3v) is 9.03. The Hall–Kier alpha value is -4.72. The number of hydrogen-bond donors (Lipinski definition) is 0. The Kier molecular flexibility index (Phi) is 9.85. The summed E-state index contributed by atoms with van der Waals surface area (Å²) in [5.74, 6) is -0.230. The van der Waals surface area contributed by atoms with Crippen LogP contribution in [0.4, 0.5) is 0 Å². The highest BCUT2D eigenvalue weighted by Crippen LogP contribution is 2.29. The molecular weight excluding hydrogens is 676 g/mol. The molecule has 7 rings (SSSR count). The zero-order valence-corrected chi connectivity index (χ0v) is 28.1. The van der Waals surface area contributed by atoms with E-state index in [1.54, 1.807) is 12.1 Å². The molecule has 2 aliphatic rings. The summed E-state index contributed by atoms with van der Waals surface area (Å²) in [7, 11) is 1.36. The van der Waals surface area contributed by atoms with Gasteiger partial charge in [-0.05, 0) is 76.2 Å². The van der Waals surface area contributed by atoms with Crippen molar-refractivity contribution in [2.75, 3.05) is 7.11 Å². The van der Waals surface area contributed by atoms with Crippen LogP contribution >= 0.6 is 27.5 Å². The molecule has 8 heteroatoms. The van der Waals surface area contributed by atoms with Crippen LogP contribution in [0.15, 0.2) is 120 Å². The van der Waals surface area contributed by atoms with Crippen molar-refractivity contribution in [1.29, 1.82) is 0 Å². The van der Waals surface area contributed by atoms with Crippen molar-refractivity contribution >= 4 is 45.3 Å². The molecule has 0 fully saturated rings. The zero-order valence-electron chi connectivity index (χ0n) is 25.8. The van der Waals surface area contributed by atoms with Crippen LogP contribution in [0.25, 0.3) is 0 Å². The molecule has 2 aliphatic heterocycles. The van der Waals surface area contributed by atoms with Crippen molar-refractivity contribution in [3.8, 4) is 0 Å². The summed E-state index contributed by atoms with van der Waals surface area (Å²) in [4.78, 5) is 40.8. The number of ether oxygens (including phenoxy) is 1. The Morgan fingerprint density at radius 3 is 1.83 bits per heavy atom. The molecule has 0 aliphatic carbocycles. The minimum Gasteiger partial charge on any atom is -0.465 e. The lowest BCUT2D eigenvalue weighted by Crippen LogP contribution is -2.23. The number of carbonyl (C=O) groups is 3. The molecule has 0 saturated heterocycles. The van der Waals surface area contributed by atoms with Gasteiger partial charge in [-0.1, -0.05) is 106 Å². The molecule has 0 spiro atoms. The Balaban J connectivity index is 0.000000183. The molecule has 5 aromatic rings. The third kappa shape index (κ3) is 7.48. The van der Waals surface area contributed by atoms with E-state index in [0.29, 0.717) is 43.2 Å². The van der Waals surface area contributed by atoms with E-state index >= 15 is 0 Å². The lowest BCUT2D eigenvalue weighted by atomic mass is 9.97. The van der Waals surface area contributed by atoms with Gasteiger partial charge in [0.1, 0.15) is 0 Å². The quantitative estimate of drug-likeness (QED) is 0.159. The van der Waals surface area contributed by atoms with Crippen molar-refractivity contribution in [1.82, 2.24) is 9.80 Å². The van der Waals surface area contributed by atoms with Crippen LogP contribution in [0.1, 0.15) is 64.5 Å². The molecule has 0 radical (unpaired) electrons. The predicted octanol–water partition coefficient (Wildman–Crippen LogP) is 8.48. The highest BCUT2D eigenvalue weighted by atomic mass is 79.9. The van der Waals surface area contributed by atoms with E-state index in [0.717, 1.165) is 49.0 Å². The summed E-state index contributed by atoms with van der Waals surface area (Å²) in [5, 5.41) is 0.491. The lowest BCUT2D eigenvalue weighted by Gasteiger charge is -2.15. The van der Waals surface area contributed by atoms with Gasteiger partial charge in [-0.2, -0.15) is 0 Å². The van der Waals surface area contributed by atoms with E-state index in [4.69, 9.17) is 16.3 Å². The fourth-order valence-electron chi connectivity index (χ4n) is 5.98. The fourth-order valence-corrected chi connectivity index (χ4v) is 6.56. The number of methoxy groups -OCH3 is 1. The van der Waals surface area contributed by atoms with Crippen LogP contribution in [0.3, 0.4) is 0 Å². The Morgan fingerprint density at radius 2 is 1.26 bits per heavy atom. The summed E-state index contributed by atoms with van der Waals surface area (Å²) in [6.45, 7) is 2.54. The molecule has 6 nitrogen and oxygen atoms in total. The van der Waals surface area contributed by atoms with Gasteiger partial charge in [0, 0.05) is 46.8 Å². The first kappa shape index (κ1) is 32.2. The molecule has 0 bridgehead atoms. The molecule has 0 saturated carbocycles. The zero-order chi connectivity index (χ0) is 32.9. The van der Waals surface area contributed by atoms with Crippen LogP contribution in [0.5, 0.6) is 0 Å². The van der Waals surface area contributed by atoms with Crippen molar-refractivity contribution in [2.45, 2.75) is 32.6 Å². The number of hydrogen-bond acceptors (Lipinski definition) is 4. The first-order valence-corrected chi connectivity index (χ1v) is 16.4. The van der Waals surface area contributed by atoms with E-state index in [2.05, 4.69) is 15.9 Å². The molecule has 236 valence electrons. The van der Waals surface area contributed by atoms with Gasteiger partial charge in [0.25, 0.3) is 11.8 Å². The van der Waals surface area contributed by atoms with Gasteiger partial charge in [-0.3, -0.25) is 9.59 Å². The summed E-state index contributed by atoms with van der Waals surface area (Å²) in [6, 6.07) is 37.0. The first-order valence-electron chi connectivity index (χ1n) is 15.2. The molecular formula is C39H32BrClN2O4. The van der Waals surface area contributed by atoms with Gasteiger partial charge in [-0.25, -0.2) is 4.79 Å². The summed E-state index contributed by atoms with van der Waals surface area (Å²) >= 11 is 9.49. The highest BCUT2D eigenvalue weighted by Gasteiger charge is 2.28. The van der Waals surface area contributed by atoms with Crippen LogP contribution < -0.4 is 0 Å². The number of fused-ring (bicyclic) bond motifs is 2. The van der Waals surface area contributed by atoms with Crippen molar-refractivity contribution in [3.05, 3.63) is 175 Å². The number of amides is 2. The van der Waals surface area contributed by atoms with E-state index in [1.165, 1.54) is 7.11 Å². The minimum absolute atomic E-state index is 0.0529. The normalized spacial score (nSPS) is 13.2. The maximum Gasteiger partial charge on any atom is 0.338 e. The minimum atomic E-state index is -0.409. The Morgan fingerprint density at radius 1 is 0.702 bits per heavy atom. The van der Waals surface area contributed by atoms with Gasteiger partial charge in [0.15, 0.2) is 0 Å². The summed E-state index contributed by atoms with van der Waals surface area (Å²) < 4.78 is 5.90. The first-order chi connectivity index (χ1) is 22.8. The second-order valence-corrected chi connectivity index (χ2v) is 12.9.